The molecule has 3 nitrogen and oxygen atoms in total. The number of halogens is 2. The summed E-state index contributed by atoms with van der Waals surface area (Å²) in [6.45, 7) is 2.05. The number of ketones is 1. The number of benzene rings is 1. The second kappa shape index (κ2) is 6.25. The van der Waals surface area contributed by atoms with Crippen LogP contribution in [0, 0.1) is 5.92 Å². The van der Waals surface area contributed by atoms with Crippen molar-refractivity contribution in [3.63, 3.8) is 0 Å². The van der Waals surface area contributed by atoms with E-state index in [-0.39, 0.29) is 17.3 Å². The van der Waals surface area contributed by atoms with Gasteiger partial charge in [0, 0.05) is 41.3 Å². The van der Waals surface area contributed by atoms with Gasteiger partial charge in [0.2, 0.25) is 0 Å². The van der Waals surface area contributed by atoms with Crippen LogP contribution in [0.25, 0.3) is 0 Å². The molecular weight excluding hydrogens is 311 g/mol. The van der Waals surface area contributed by atoms with Gasteiger partial charge in [-0.05, 0) is 43.9 Å². The van der Waals surface area contributed by atoms with Crippen molar-refractivity contribution in [2.45, 2.75) is 31.3 Å². The van der Waals surface area contributed by atoms with Crippen molar-refractivity contribution in [2.24, 2.45) is 5.92 Å². The molecule has 3 rings (SSSR count). The van der Waals surface area contributed by atoms with Crippen LogP contribution in [-0.2, 0) is 9.47 Å². The summed E-state index contributed by atoms with van der Waals surface area (Å²) in [7, 11) is 0. The highest BCUT2D eigenvalue weighted by atomic mass is 35.5. The predicted octanol–water partition coefficient (Wildman–Crippen LogP) is 4.15. The summed E-state index contributed by atoms with van der Waals surface area (Å²) in [5.41, 5.74) is 0.417. The Hall–Kier alpha value is -0.610. The van der Waals surface area contributed by atoms with Crippen LogP contribution >= 0.6 is 23.2 Å². The van der Waals surface area contributed by atoms with E-state index in [2.05, 4.69) is 0 Å². The number of Topliss-reactive ketones (excluding diaryl/α,β-unsaturated/α-hetero) is 1. The van der Waals surface area contributed by atoms with Crippen LogP contribution in [0.15, 0.2) is 18.2 Å². The zero-order valence-electron chi connectivity index (χ0n) is 11.7. The van der Waals surface area contributed by atoms with Gasteiger partial charge in [-0.25, -0.2) is 0 Å². The van der Waals surface area contributed by atoms with E-state index in [1.807, 2.05) is 0 Å². The third-order valence-electron chi connectivity index (χ3n) is 4.41. The zero-order chi connectivity index (χ0) is 14.9. The Bertz CT molecular complexity index is 513. The minimum atomic E-state index is -0.181. The molecule has 0 amide bonds. The van der Waals surface area contributed by atoms with E-state index in [9.17, 15) is 4.79 Å². The Labute approximate surface area is 134 Å². The Morgan fingerprint density at radius 3 is 2.43 bits per heavy atom. The maximum absolute atomic E-state index is 12.7. The molecule has 21 heavy (non-hydrogen) atoms. The summed E-state index contributed by atoms with van der Waals surface area (Å²) in [5, 5.41) is 0.998. The average molecular weight is 329 g/mol. The number of ether oxygens (including phenoxy) is 2. The Kier molecular flexibility index (Phi) is 4.55. The number of hydrogen-bond acceptors (Lipinski definition) is 3. The smallest absolute Gasteiger partial charge is 0.166 e. The topological polar surface area (TPSA) is 35.5 Å². The largest absolute Gasteiger partial charge is 0.381 e. The van der Waals surface area contributed by atoms with E-state index in [0.29, 0.717) is 35.4 Å². The summed E-state index contributed by atoms with van der Waals surface area (Å²) in [4.78, 5) is 12.7. The highest BCUT2D eigenvalue weighted by Gasteiger charge is 2.41. The normalized spacial score (nSPS) is 25.0. The molecule has 0 radical (unpaired) electrons. The van der Waals surface area contributed by atoms with E-state index < -0.39 is 0 Å². The molecule has 0 N–H and O–H groups in total. The summed E-state index contributed by atoms with van der Waals surface area (Å²) in [6.07, 6.45) is 3.26. The van der Waals surface area contributed by atoms with Gasteiger partial charge in [-0.15, -0.1) is 0 Å². The molecule has 1 atom stereocenters. The lowest BCUT2D eigenvalue weighted by Gasteiger charge is -2.42. The molecule has 1 spiro atoms. The van der Waals surface area contributed by atoms with Crippen LogP contribution in [0.3, 0.4) is 0 Å². The fraction of sp³-hybridized carbons (Fsp3) is 0.562. The third kappa shape index (κ3) is 3.42. The van der Waals surface area contributed by atoms with Crippen molar-refractivity contribution in [2.75, 3.05) is 19.8 Å². The number of rotatable bonds is 2. The molecule has 2 fully saturated rings. The van der Waals surface area contributed by atoms with Crippen molar-refractivity contribution < 1.29 is 14.3 Å². The standard InChI is InChI=1S/C16H18Cl2O3/c17-13-7-12(8-14(18)9-13)15(19)11-1-4-21-16(10-11)2-5-20-6-3-16/h7-9,11H,1-6,10H2. The summed E-state index contributed by atoms with van der Waals surface area (Å²) < 4.78 is 11.4. The van der Waals surface area contributed by atoms with Crippen LogP contribution in [0.5, 0.6) is 0 Å². The Morgan fingerprint density at radius 1 is 1.10 bits per heavy atom. The molecule has 0 aromatic heterocycles. The molecular formula is C16H18Cl2O3. The van der Waals surface area contributed by atoms with E-state index >= 15 is 0 Å². The van der Waals surface area contributed by atoms with Gasteiger partial charge in [0.05, 0.1) is 5.60 Å². The van der Waals surface area contributed by atoms with Crippen molar-refractivity contribution in [1.29, 1.82) is 0 Å². The molecule has 2 heterocycles. The maximum atomic E-state index is 12.7. The minimum Gasteiger partial charge on any atom is -0.381 e. The van der Waals surface area contributed by atoms with E-state index in [4.69, 9.17) is 32.7 Å². The average Bonchev–Trinajstić information content (AvgIpc) is 2.46. The molecule has 2 aliphatic heterocycles. The van der Waals surface area contributed by atoms with Gasteiger partial charge < -0.3 is 9.47 Å². The number of hydrogen-bond donors (Lipinski definition) is 0. The highest BCUT2D eigenvalue weighted by molar-refractivity contribution is 6.35. The molecule has 2 aliphatic rings. The summed E-state index contributed by atoms with van der Waals surface area (Å²) in [5.74, 6) is 0.0972. The van der Waals surface area contributed by atoms with Gasteiger partial charge >= 0.3 is 0 Å². The van der Waals surface area contributed by atoms with Gasteiger partial charge in [0.25, 0.3) is 0 Å². The molecule has 1 aromatic carbocycles. The first kappa shape index (κ1) is 15.3. The SMILES string of the molecule is O=C(c1cc(Cl)cc(Cl)c1)C1CCOC2(CCOCC2)C1. The zero-order valence-corrected chi connectivity index (χ0v) is 13.3. The maximum Gasteiger partial charge on any atom is 0.166 e. The van der Waals surface area contributed by atoms with E-state index in [1.54, 1.807) is 18.2 Å². The van der Waals surface area contributed by atoms with Crippen molar-refractivity contribution in [1.82, 2.24) is 0 Å². The second-order valence-corrected chi connectivity index (χ2v) is 6.73. The van der Waals surface area contributed by atoms with Gasteiger partial charge in [-0.2, -0.15) is 0 Å². The molecule has 0 saturated carbocycles. The Balaban J connectivity index is 1.77. The molecule has 114 valence electrons. The lowest BCUT2D eigenvalue weighted by molar-refractivity contribution is -0.142. The monoisotopic (exact) mass is 328 g/mol. The lowest BCUT2D eigenvalue weighted by atomic mass is 9.78. The van der Waals surface area contributed by atoms with Crippen molar-refractivity contribution in [3.8, 4) is 0 Å². The van der Waals surface area contributed by atoms with Crippen molar-refractivity contribution >= 4 is 29.0 Å². The fourth-order valence-corrected chi connectivity index (χ4v) is 3.80. The van der Waals surface area contributed by atoms with E-state index in [1.165, 1.54) is 0 Å². The van der Waals surface area contributed by atoms with Gasteiger partial charge in [-0.1, -0.05) is 23.2 Å². The molecule has 1 aromatic rings. The Morgan fingerprint density at radius 2 is 1.76 bits per heavy atom. The van der Waals surface area contributed by atoms with Gasteiger partial charge in [0.1, 0.15) is 0 Å². The highest BCUT2D eigenvalue weighted by Crippen LogP contribution is 2.38. The first-order valence-electron chi connectivity index (χ1n) is 7.30. The molecule has 5 heteroatoms. The van der Waals surface area contributed by atoms with Gasteiger partial charge in [-0.3, -0.25) is 4.79 Å². The summed E-state index contributed by atoms with van der Waals surface area (Å²) in [6, 6.07) is 5.04. The molecule has 1 unspecified atom stereocenters. The molecule has 2 saturated heterocycles. The van der Waals surface area contributed by atoms with E-state index in [0.717, 1.165) is 25.7 Å². The van der Waals surface area contributed by atoms with Crippen LogP contribution in [0.1, 0.15) is 36.0 Å². The molecule has 0 aliphatic carbocycles. The first-order chi connectivity index (χ1) is 10.1. The van der Waals surface area contributed by atoms with Gasteiger partial charge in [0.15, 0.2) is 5.78 Å². The molecule has 0 bridgehead atoms. The number of carbonyl (C=O) groups excluding carboxylic acids is 1. The van der Waals surface area contributed by atoms with Crippen LogP contribution in [0.2, 0.25) is 10.0 Å². The number of carbonyl (C=O) groups is 1. The lowest BCUT2D eigenvalue weighted by Crippen LogP contribution is -2.45. The third-order valence-corrected chi connectivity index (χ3v) is 4.85. The van der Waals surface area contributed by atoms with Crippen LogP contribution < -0.4 is 0 Å². The van der Waals surface area contributed by atoms with Crippen molar-refractivity contribution in [3.05, 3.63) is 33.8 Å². The second-order valence-electron chi connectivity index (χ2n) is 5.86. The first-order valence-corrected chi connectivity index (χ1v) is 8.06. The predicted molar refractivity (Wildman–Crippen MR) is 82.3 cm³/mol. The fourth-order valence-electron chi connectivity index (χ4n) is 3.28. The summed E-state index contributed by atoms with van der Waals surface area (Å²) >= 11 is 12.0. The minimum absolute atomic E-state index is 0.0219. The van der Waals surface area contributed by atoms with Crippen LogP contribution in [-0.4, -0.2) is 31.2 Å². The quantitative estimate of drug-likeness (QED) is 0.765. The van der Waals surface area contributed by atoms with Crippen LogP contribution in [0.4, 0.5) is 0 Å².